The zero-order valence-electron chi connectivity index (χ0n) is 17.7. The molecule has 2 aliphatic heterocycles. The van der Waals surface area contributed by atoms with Crippen LogP contribution in [0.25, 0.3) is 0 Å². The van der Waals surface area contributed by atoms with Gasteiger partial charge < -0.3 is 10.2 Å². The van der Waals surface area contributed by atoms with Crippen molar-refractivity contribution in [2.45, 2.75) is 32.0 Å². The van der Waals surface area contributed by atoms with Crippen molar-refractivity contribution in [1.82, 2.24) is 15.1 Å². The maximum absolute atomic E-state index is 14.0. The molecule has 0 bridgehead atoms. The van der Waals surface area contributed by atoms with Crippen molar-refractivity contribution in [3.63, 3.8) is 0 Å². The summed E-state index contributed by atoms with van der Waals surface area (Å²) in [5.74, 6) is -0.0983. The highest BCUT2D eigenvalue weighted by molar-refractivity contribution is 6.30. The molecule has 1 N–H and O–H groups in total. The molecule has 2 aliphatic rings. The van der Waals surface area contributed by atoms with Crippen LogP contribution < -0.4 is 10.2 Å². The van der Waals surface area contributed by atoms with E-state index in [9.17, 15) is 4.39 Å². The van der Waals surface area contributed by atoms with Crippen LogP contribution in [0.1, 0.15) is 18.9 Å². The van der Waals surface area contributed by atoms with Crippen LogP contribution in [0, 0.1) is 5.82 Å². The van der Waals surface area contributed by atoms with E-state index in [2.05, 4.69) is 39.1 Å². The summed E-state index contributed by atoms with van der Waals surface area (Å²) in [7, 11) is 0. The number of rotatable bonds is 6. The van der Waals surface area contributed by atoms with Gasteiger partial charge in [0.2, 0.25) is 0 Å². The molecule has 0 aromatic heterocycles. The summed E-state index contributed by atoms with van der Waals surface area (Å²) in [6.45, 7) is 9.99. The zero-order chi connectivity index (χ0) is 20.9. The van der Waals surface area contributed by atoms with Crippen molar-refractivity contribution in [3.05, 3.63) is 64.9 Å². The Morgan fingerprint density at radius 1 is 1.07 bits per heavy atom. The second kappa shape index (κ2) is 10.1. The Morgan fingerprint density at radius 2 is 1.87 bits per heavy atom. The molecule has 0 aliphatic carbocycles. The molecular weight excluding hydrogens is 399 g/mol. The Kier molecular flexibility index (Phi) is 7.26. The molecule has 2 heterocycles. The predicted molar refractivity (Wildman–Crippen MR) is 123 cm³/mol. The Labute approximate surface area is 184 Å². The summed E-state index contributed by atoms with van der Waals surface area (Å²) in [6, 6.07) is 16.2. The summed E-state index contributed by atoms with van der Waals surface area (Å²) >= 11 is 6.21. The Hall–Kier alpha value is -1.66. The third kappa shape index (κ3) is 5.14. The van der Waals surface area contributed by atoms with Gasteiger partial charge in [-0.2, -0.15) is 0 Å². The molecule has 4 nitrogen and oxygen atoms in total. The number of halogens is 2. The number of piperazine rings is 2. The van der Waals surface area contributed by atoms with Gasteiger partial charge >= 0.3 is 0 Å². The van der Waals surface area contributed by atoms with Gasteiger partial charge in [-0.1, -0.05) is 42.8 Å². The quantitative estimate of drug-likeness (QED) is 0.751. The lowest BCUT2D eigenvalue weighted by Gasteiger charge is -2.45. The molecule has 2 aromatic carbocycles. The van der Waals surface area contributed by atoms with E-state index in [0.717, 1.165) is 62.8 Å². The summed E-state index contributed by atoms with van der Waals surface area (Å²) < 4.78 is 14.0. The molecule has 2 unspecified atom stereocenters. The lowest BCUT2D eigenvalue weighted by molar-refractivity contribution is 0.0711. The summed E-state index contributed by atoms with van der Waals surface area (Å²) in [5.41, 5.74) is 2.00. The van der Waals surface area contributed by atoms with Gasteiger partial charge in [0.25, 0.3) is 0 Å². The summed E-state index contributed by atoms with van der Waals surface area (Å²) in [4.78, 5) is 7.44. The Bertz CT molecular complexity index is 824. The number of hydrogen-bond acceptors (Lipinski definition) is 4. The first-order valence-corrected chi connectivity index (χ1v) is 11.5. The zero-order valence-corrected chi connectivity index (χ0v) is 18.5. The number of nitrogens with zero attached hydrogens (tertiary/aromatic N) is 3. The van der Waals surface area contributed by atoms with E-state index in [0.29, 0.717) is 18.6 Å². The normalized spacial score (nSPS) is 22.2. The van der Waals surface area contributed by atoms with Crippen LogP contribution in [-0.2, 0) is 6.54 Å². The first-order valence-electron chi connectivity index (χ1n) is 11.1. The van der Waals surface area contributed by atoms with Crippen LogP contribution in [0.2, 0.25) is 5.02 Å². The highest BCUT2D eigenvalue weighted by atomic mass is 35.5. The molecule has 30 heavy (non-hydrogen) atoms. The van der Waals surface area contributed by atoms with E-state index in [4.69, 9.17) is 11.6 Å². The summed E-state index contributed by atoms with van der Waals surface area (Å²) in [6.07, 6.45) is 1.12. The Balaban J connectivity index is 1.34. The maximum atomic E-state index is 14.0. The standard InChI is InChI=1S/C24H32ClFN4/c1-2-24(23-18-30(11-10-27-23)21-8-5-7-20(25)16-21)29-14-12-28(13-15-29)17-19-6-3-4-9-22(19)26/h3-9,16,23-24,27H,2,10-15,17-18H2,1H3. The van der Waals surface area contributed by atoms with Gasteiger partial charge in [-0.05, 0) is 30.7 Å². The highest BCUT2D eigenvalue weighted by Gasteiger charge is 2.32. The molecule has 2 aromatic rings. The number of nitrogens with one attached hydrogen (secondary N) is 1. The number of hydrogen-bond donors (Lipinski definition) is 1. The first kappa shape index (κ1) is 21.6. The minimum Gasteiger partial charge on any atom is -0.369 e. The van der Waals surface area contributed by atoms with E-state index in [1.165, 1.54) is 5.69 Å². The average molecular weight is 431 g/mol. The third-order valence-corrected chi connectivity index (χ3v) is 6.72. The largest absolute Gasteiger partial charge is 0.369 e. The SMILES string of the molecule is CCC(C1CN(c2cccc(Cl)c2)CCN1)N1CCN(Cc2ccccc2F)CC1. The van der Waals surface area contributed by atoms with E-state index in [1.807, 2.05) is 24.3 Å². The fraction of sp³-hybridized carbons (Fsp3) is 0.500. The van der Waals surface area contributed by atoms with Gasteiger partial charge in [0.15, 0.2) is 0 Å². The molecule has 2 atom stereocenters. The fourth-order valence-corrected chi connectivity index (χ4v) is 5.05. The van der Waals surface area contributed by atoms with Crippen LogP contribution in [0.4, 0.5) is 10.1 Å². The lowest BCUT2D eigenvalue weighted by atomic mass is 9.99. The number of anilines is 1. The molecule has 2 fully saturated rings. The topological polar surface area (TPSA) is 21.8 Å². The van der Waals surface area contributed by atoms with Crippen molar-refractivity contribution < 1.29 is 4.39 Å². The van der Waals surface area contributed by atoms with Crippen LogP contribution in [0.3, 0.4) is 0 Å². The molecule has 0 amide bonds. The van der Waals surface area contributed by atoms with E-state index in [-0.39, 0.29) is 5.82 Å². The lowest BCUT2D eigenvalue weighted by Crippen LogP contribution is -2.62. The second-order valence-corrected chi connectivity index (χ2v) is 8.80. The monoisotopic (exact) mass is 430 g/mol. The van der Waals surface area contributed by atoms with E-state index < -0.39 is 0 Å². The molecule has 6 heteroatoms. The van der Waals surface area contributed by atoms with Crippen LogP contribution >= 0.6 is 11.6 Å². The fourth-order valence-electron chi connectivity index (χ4n) is 4.86. The Morgan fingerprint density at radius 3 is 2.60 bits per heavy atom. The molecule has 4 rings (SSSR count). The van der Waals surface area contributed by atoms with Gasteiger partial charge in [-0.25, -0.2) is 4.39 Å². The van der Waals surface area contributed by atoms with Gasteiger partial charge in [-0.15, -0.1) is 0 Å². The van der Waals surface area contributed by atoms with Crippen LogP contribution in [0.5, 0.6) is 0 Å². The van der Waals surface area contributed by atoms with Crippen molar-refractivity contribution in [2.75, 3.05) is 50.7 Å². The van der Waals surface area contributed by atoms with Crippen molar-refractivity contribution >= 4 is 17.3 Å². The molecule has 162 valence electrons. The van der Waals surface area contributed by atoms with Crippen molar-refractivity contribution in [3.8, 4) is 0 Å². The second-order valence-electron chi connectivity index (χ2n) is 8.37. The smallest absolute Gasteiger partial charge is 0.127 e. The van der Waals surface area contributed by atoms with Crippen LogP contribution in [0.15, 0.2) is 48.5 Å². The van der Waals surface area contributed by atoms with E-state index >= 15 is 0 Å². The van der Waals surface area contributed by atoms with Crippen LogP contribution in [-0.4, -0.2) is 67.7 Å². The first-order chi connectivity index (χ1) is 14.6. The highest BCUT2D eigenvalue weighted by Crippen LogP contribution is 2.23. The number of benzene rings is 2. The third-order valence-electron chi connectivity index (χ3n) is 6.49. The van der Waals surface area contributed by atoms with Gasteiger partial charge in [-0.3, -0.25) is 9.80 Å². The van der Waals surface area contributed by atoms with E-state index in [1.54, 1.807) is 12.1 Å². The van der Waals surface area contributed by atoms with Gasteiger partial charge in [0.05, 0.1) is 0 Å². The average Bonchev–Trinajstić information content (AvgIpc) is 2.77. The van der Waals surface area contributed by atoms with Gasteiger partial charge in [0.1, 0.15) is 5.82 Å². The van der Waals surface area contributed by atoms with Gasteiger partial charge in [0, 0.05) is 80.7 Å². The van der Waals surface area contributed by atoms with Crippen molar-refractivity contribution in [1.29, 1.82) is 0 Å². The molecular formula is C24H32ClFN4. The molecule has 0 radical (unpaired) electrons. The summed E-state index contributed by atoms with van der Waals surface area (Å²) in [5, 5.41) is 4.55. The molecule has 0 saturated carbocycles. The minimum atomic E-state index is -0.0983. The molecule has 2 saturated heterocycles. The maximum Gasteiger partial charge on any atom is 0.127 e. The molecule has 0 spiro atoms. The van der Waals surface area contributed by atoms with Crippen molar-refractivity contribution in [2.24, 2.45) is 0 Å². The minimum absolute atomic E-state index is 0.0983. The predicted octanol–water partition coefficient (Wildman–Crippen LogP) is 3.85.